The Kier molecular flexibility index (Phi) is 5.38. The van der Waals surface area contributed by atoms with E-state index in [0.29, 0.717) is 11.3 Å². The minimum Gasteiger partial charge on any atom is -0.494 e. The molecule has 5 nitrogen and oxygen atoms in total. The lowest BCUT2D eigenvalue weighted by molar-refractivity contribution is 0.386. The molecule has 3 aromatic rings. The van der Waals surface area contributed by atoms with Gasteiger partial charge in [-0.05, 0) is 30.3 Å². The van der Waals surface area contributed by atoms with E-state index < -0.39 is 15.8 Å². The molecular formula is C16H11Cl2FN2O3S2. The van der Waals surface area contributed by atoms with Crippen molar-refractivity contribution < 1.29 is 17.5 Å². The number of aromatic nitrogens is 1. The van der Waals surface area contributed by atoms with Crippen LogP contribution in [-0.4, -0.2) is 20.5 Å². The summed E-state index contributed by atoms with van der Waals surface area (Å²) in [6.45, 7) is 0. The Balaban J connectivity index is 1.90. The van der Waals surface area contributed by atoms with Crippen LogP contribution in [0.5, 0.6) is 5.75 Å². The normalized spacial score (nSPS) is 11.4. The van der Waals surface area contributed by atoms with Crippen LogP contribution in [0.1, 0.15) is 0 Å². The number of hydrogen-bond acceptors (Lipinski definition) is 5. The average molecular weight is 433 g/mol. The second kappa shape index (κ2) is 7.40. The Morgan fingerprint density at radius 3 is 2.50 bits per heavy atom. The van der Waals surface area contributed by atoms with E-state index >= 15 is 0 Å². The molecule has 0 saturated carbocycles. The molecule has 10 heteroatoms. The van der Waals surface area contributed by atoms with Crippen LogP contribution >= 0.6 is 34.5 Å². The molecule has 0 unspecified atom stereocenters. The van der Waals surface area contributed by atoms with Crippen molar-refractivity contribution in [2.24, 2.45) is 0 Å². The fourth-order valence-electron chi connectivity index (χ4n) is 2.18. The molecule has 0 atom stereocenters. The first-order valence-corrected chi connectivity index (χ1v) is 10.2. The summed E-state index contributed by atoms with van der Waals surface area (Å²) in [5.74, 6) is -0.429. The third kappa shape index (κ3) is 3.78. The summed E-state index contributed by atoms with van der Waals surface area (Å²) in [5.41, 5.74) is 0.903. The van der Waals surface area contributed by atoms with E-state index in [1.165, 1.54) is 31.4 Å². The number of methoxy groups -OCH3 is 1. The van der Waals surface area contributed by atoms with Gasteiger partial charge in [0.05, 0.1) is 22.8 Å². The Bertz CT molecular complexity index is 1050. The second-order valence-corrected chi connectivity index (χ2v) is 8.34. The molecule has 0 amide bonds. The van der Waals surface area contributed by atoms with Gasteiger partial charge in [0.2, 0.25) is 0 Å². The maximum atomic E-state index is 13.8. The number of rotatable bonds is 5. The van der Waals surface area contributed by atoms with Crippen LogP contribution < -0.4 is 9.46 Å². The SMILES string of the molecule is COc1ccc(-c2csc(NS(=O)(=O)c3c(Cl)cccc3Cl)n2)cc1F. The van der Waals surface area contributed by atoms with Gasteiger partial charge in [-0.3, -0.25) is 4.72 Å². The molecule has 26 heavy (non-hydrogen) atoms. The van der Waals surface area contributed by atoms with Gasteiger partial charge in [-0.25, -0.2) is 17.8 Å². The molecule has 1 heterocycles. The summed E-state index contributed by atoms with van der Waals surface area (Å²) >= 11 is 13.0. The number of nitrogens with one attached hydrogen (secondary N) is 1. The molecule has 0 aliphatic rings. The van der Waals surface area contributed by atoms with Gasteiger partial charge in [-0.2, -0.15) is 0 Å². The molecule has 1 aromatic heterocycles. The van der Waals surface area contributed by atoms with Gasteiger partial charge < -0.3 is 4.74 Å². The van der Waals surface area contributed by atoms with Crippen molar-refractivity contribution in [3.63, 3.8) is 0 Å². The van der Waals surface area contributed by atoms with Gasteiger partial charge in [0.15, 0.2) is 16.7 Å². The van der Waals surface area contributed by atoms with Crippen molar-refractivity contribution >= 4 is 49.7 Å². The minimum absolute atomic E-state index is 0.000921. The molecule has 0 saturated heterocycles. The summed E-state index contributed by atoms with van der Waals surface area (Å²) in [6.07, 6.45) is 0. The molecule has 0 aliphatic carbocycles. The first-order valence-electron chi connectivity index (χ1n) is 7.08. The smallest absolute Gasteiger partial charge is 0.266 e. The Labute approximate surface area is 163 Å². The maximum Gasteiger partial charge on any atom is 0.266 e. The Morgan fingerprint density at radius 2 is 1.88 bits per heavy atom. The topological polar surface area (TPSA) is 68.3 Å². The maximum absolute atomic E-state index is 13.8. The van der Waals surface area contributed by atoms with Crippen molar-refractivity contribution in [2.75, 3.05) is 11.8 Å². The van der Waals surface area contributed by atoms with E-state index in [0.717, 1.165) is 11.3 Å². The quantitative estimate of drug-likeness (QED) is 0.611. The number of nitrogens with zero attached hydrogens (tertiary/aromatic N) is 1. The standard InChI is InChI=1S/C16H11Cl2FN2O3S2/c1-24-14-6-5-9(7-12(14)19)13-8-25-16(20-13)21-26(22,23)15-10(17)3-2-4-11(15)18/h2-8H,1H3,(H,20,21). The molecule has 136 valence electrons. The monoisotopic (exact) mass is 432 g/mol. The molecular weight excluding hydrogens is 422 g/mol. The lowest BCUT2D eigenvalue weighted by atomic mass is 10.1. The van der Waals surface area contributed by atoms with E-state index in [9.17, 15) is 12.8 Å². The number of benzene rings is 2. The van der Waals surface area contributed by atoms with E-state index in [4.69, 9.17) is 27.9 Å². The molecule has 0 fully saturated rings. The fraction of sp³-hybridized carbons (Fsp3) is 0.0625. The summed E-state index contributed by atoms with van der Waals surface area (Å²) in [6, 6.07) is 8.75. The highest BCUT2D eigenvalue weighted by Crippen LogP contribution is 2.33. The minimum atomic E-state index is -4.02. The van der Waals surface area contributed by atoms with E-state index in [1.807, 2.05) is 0 Å². The molecule has 2 aromatic carbocycles. The highest BCUT2D eigenvalue weighted by atomic mass is 35.5. The summed E-state index contributed by atoms with van der Waals surface area (Å²) in [4.78, 5) is 3.96. The van der Waals surface area contributed by atoms with E-state index in [-0.39, 0.29) is 25.8 Å². The van der Waals surface area contributed by atoms with Gasteiger partial charge in [-0.1, -0.05) is 29.3 Å². The van der Waals surface area contributed by atoms with Gasteiger partial charge in [0.25, 0.3) is 10.0 Å². The summed E-state index contributed by atoms with van der Waals surface area (Å²) in [7, 11) is -2.65. The number of halogens is 3. The lowest BCUT2D eigenvalue weighted by Gasteiger charge is -2.08. The fourth-order valence-corrected chi connectivity index (χ4v) is 5.30. The van der Waals surface area contributed by atoms with Crippen molar-refractivity contribution in [3.8, 4) is 17.0 Å². The predicted molar refractivity (Wildman–Crippen MR) is 101 cm³/mol. The van der Waals surface area contributed by atoms with Crippen molar-refractivity contribution in [3.05, 3.63) is 57.6 Å². The van der Waals surface area contributed by atoms with E-state index in [1.54, 1.807) is 17.5 Å². The van der Waals surface area contributed by atoms with Crippen LogP contribution in [0, 0.1) is 5.82 Å². The molecule has 0 spiro atoms. The van der Waals surface area contributed by atoms with Crippen LogP contribution in [0.3, 0.4) is 0 Å². The van der Waals surface area contributed by atoms with Crippen LogP contribution in [-0.2, 0) is 10.0 Å². The third-order valence-corrected chi connectivity index (χ3v) is 6.54. The van der Waals surface area contributed by atoms with Crippen molar-refractivity contribution in [1.82, 2.24) is 4.98 Å². The van der Waals surface area contributed by atoms with Gasteiger partial charge in [-0.15, -0.1) is 11.3 Å². The van der Waals surface area contributed by atoms with Gasteiger partial charge >= 0.3 is 0 Å². The molecule has 3 rings (SSSR count). The van der Waals surface area contributed by atoms with Crippen LogP contribution in [0.2, 0.25) is 10.0 Å². The largest absolute Gasteiger partial charge is 0.494 e. The predicted octanol–water partition coefficient (Wildman–Crippen LogP) is 5.07. The van der Waals surface area contributed by atoms with E-state index in [2.05, 4.69) is 9.71 Å². The first-order chi connectivity index (χ1) is 12.3. The molecule has 0 aliphatic heterocycles. The third-order valence-electron chi connectivity index (χ3n) is 3.36. The average Bonchev–Trinajstić information content (AvgIpc) is 3.02. The lowest BCUT2D eigenvalue weighted by Crippen LogP contribution is -2.13. The Morgan fingerprint density at radius 1 is 1.19 bits per heavy atom. The number of hydrogen-bond donors (Lipinski definition) is 1. The van der Waals surface area contributed by atoms with Crippen molar-refractivity contribution in [1.29, 1.82) is 0 Å². The summed E-state index contributed by atoms with van der Waals surface area (Å²) < 4.78 is 46.1. The zero-order valence-electron chi connectivity index (χ0n) is 13.2. The molecule has 0 bridgehead atoms. The first kappa shape index (κ1) is 18.9. The zero-order chi connectivity index (χ0) is 18.9. The van der Waals surface area contributed by atoms with Gasteiger partial charge in [0, 0.05) is 10.9 Å². The zero-order valence-corrected chi connectivity index (χ0v) is 16.3. The van der Waals surface area contributed by atoms with Crippen LogP contribution in [0.4, 0.5) is 9.52 Å². The van der Waals surface area contributed by atoms with Crippen LogP contribution in [0.25, 0.3) is 11.3 Å². The number of anilines is 1. The number of ether oxygens (including phenoxy) is 1. The van der Waals surface area contributed by atoms with Gasteiger partial charge in [0.1, 0.15) is 4.90 Å². The summed E-state index contributed by atoms with van der Waals surface area (Å²) in [5, 5.41) is 1.71. The van der Waals surface area contributed by atoms with Crippen LogP contribution in [0.15, 0.2) is 46.7 Å². The number of thiazole rings is 1. The molecule has 1 N–H and O–H groups in total. The highest BCUT2D eigenvalue weighted by molar-refractivity contribution is 7.93. The number of sulfonamides is 1. The Hall–Kier alpha value is -1.87. The van der Waals surface area contributed by atoms with Crippen molar-refractivity contribution in [2.45, 2.75) is 4.90 Å². The highest BCUT2D eigenvalue weighted by Gasteiger charge is 2.23. The second-order valence-electron chi connectivity index (χ2n) is 5.04. The molecule has 0 radical (unpaired) electrons.